The van der Waals surface area contributed by atoms with Gasteiger partial charge in [0.25, 0.3) is 0 Å². The van der Waals surface area contributed by atoms with E-state index < -0.39 is 47.7 Å². The number of pyridine rings is 1. The Labute approximate surface area is 303 Å². The molecule has 1 aliphatic carbocycles. The minimum absolute atomic E-state index is 0.0780. The number of rotatable bonds is 18. The smallest absolute Gasteiger partial charge is 0.408 e. The van der Waals surface area contributed by atoms with Crippen molar-refractivity contribution in [2.75, 3.05) is 0 Å². The molecule has 2 heterocycles. The van der Waals surface area contributed by atoms with Crippen LogP contribution >= 0.6 is 0 Å². The molecular weight excluding hydrogens is 650 g/mol. The Morgan fingerprint density at radius 3 is 2.31 bits per heavy atom. The van der Waals surface area contributed by atoms with E-state index in [1.807, 2.05) is 39.8 Å². The number of carbonyl (C=O) groups excluding carboxylic acids is 4. The number of alkyl carbamates (subject to hydrolysis) is 1. The van der Waals surface area contributed by atoms with Gasteiger partial charge in [-0.25, -0.2) is 9.78 Å². The summed E-state index contributed by atoms with van der Waals surface area (Å²) in [7, 11) is 0. The molecule has 0 aliphatic heterocycles. The quantitative estimate of drug-likeness (QED) is 0.130. The minimum Gasteiger partial charge on any atom is -0.444 e. The molecule has 51 heavy (non-hydrogen) atoms. The third-order valence-electron chi connectivity index (χ3n) is 9.69. The molecule has 0 saturated heterocycles. The second kappa shape index (κ2) is 20.1. The summed E-state index contributed by atoms with van der Waals surface area (Å²) in [5.74, 6) is -1.74. The fraction of sp³-hybridized carbons (Fsp3) is 0.684. The standard InChI is InChI=1S/C38H61N7O6/c1-8-25(4)33(36(49)41-22-27-16-12-13-17-40-27)45-34(47)29(24(2)3)20-32(46)30(18-26-14-10-9-11-15-26)43-35(48)31(19-28-21-39-23-42-28)44-37(50)51-38(5,6)7/h12-13,16-17,21,23-26,29-33,46H,8-11,14-15,18-20,22H2,1-7H3,(H,39,42)(H,41,49)(H,43,48)(H,44,50)(H,45,47)/t25-,29-,30-,31-,32-,33-/m0/s1. The van der Waals surface area contributed by atoms with E-state index >= 15 is 0 Å². The van der Waals surface area contributed by atoms with Crippen molar-refractivity contribution in [1.82, 2.24) is 36.2 Å². The number of aromatic nitrogens is 3. The molecule has 13 nitrogen and oxygen atoms in total. The van der Waals surface area contributed by atoms with E-state index in [2.05, 4.69) is 36.2 Å². The van der Waals surface area contributed by atoms with E-state index in [1.165, 1.54) is 6.33 Å². The van der Waals surface area contributed by atoms with Gasteiger partial charge in [0.15, 0.2) is 0 Å². The molecule has 13 heteroatoms. The number of hydrogen-bond acceptors (Lipinski definition) is 8. The Balaban J connectivity index is 1.78. The summed E-state index contributed by atoms with van der Waals surface area (Å²) in [5, 5.41) is 23.5. The molecule has 3 rings (SSSR count). The Kier molecular flexibility index (Phi) is 16.4. The number of H-pyrrole nitrogens is 1. The first kappa shape index (κ1) is 41.4. The summed E-state index contributed by atoms with van der Waals surface area (Å²) in [6.45, 7) is 13.2. The van der Waals surface area contributed by atoms with Crippen LogP contribution in [-0.4, -0.2) is 73.7 Å². The summed E-state index contributed by atoms with van der Waals surface area (Å²) < 4.78 is 5.45. The first-order valence-corrected chi connectivity index (χ1v) is 18.6. The summed E-state index contributed by atoms with van der Waals surface area (Å²) in [6.07, 6.45) is 9.67. The zero-order valence-corrected chi connectivity index (χ0v) is 31.5. The molecule has 0 bridgehead atoms. The molecule has 2 aromatic rings. The highest BCUT2D eigenvalue weighted by Crippen LogP contribution is 2.30. The SMILES string of the molecule is CC[C@H](C)[C@H](NC(=O)[C@@H](C[C@H](O)[C@H](CC1CCCCC1)NC(=O)[C@H](Cc1cnc[nH]1)NC(=O)OC(C)(C)C)C(C)C)C(=O)NCc1ccccn1. The van der Waals surface area contributed by atoms with E-state index in [9.17, 15) is 24.3 Å². The van der Waals surface area contributed by atoms with Gasteiger partial charge in [0.2, 0.25) is 17.7 Å². The minimum atomic E-state index is -1.07. The number of nitrogens with one attached hydrogen (secondary N) is 5. The second-order valence-corrected chi connectivity index (χ2v) is 15.4. The lowest BCUT2D eigenvalue weighted by Crippen LogP contribution is -2.55. The Bertz CT molecular complexity index is 1360. The fourth-order valence-corrected chi connectivity index (χ4v) is 6.51. The number of aromatic amines is 1. The van der Waals surface area contributed by atoms with E-state index in [4.69, 9.17) is 4.74 Å². The van der Waals surface area contributed by atoms with Crippen LogP contribution in [0.1, 0.15) is 111 Å². The molecule has 0 spiro atoms. The summed E-state index contributed by atoms with van der Waals surface area (Å²) in [4.78, 5) is 65.3. The van der Waals surface area contributed by atoms with E-state index in [1.54, 1.807) is 39.2 Å². The van der Waals surface area contributed by atoms with Crippen LogP contribution in [0.25, 0.3) is 0 Å². The lowest BCUT2D eigenvalue weighted by atomic mass is 9.81. The number of nitrogens with zero attached hydrogens (tertiary/aromatic N) is 2. The van der Waals surface area contributed by atoms with Crippen LogP contribution in [0.3, 0.4) is 0 Å². The fourth-order valence-electron chi connectivity index (χ4n) is 6.51. The van der Waals surface area contributed by atoms with Crippen molar-refractivity contribution in [3.63, 3.8) is 0 Å². The van der Waals surface area contributed by atoms with E-state index in [0.717, 1.165) is 32.1 Å². The topological polar surface area (TPSA) is 187 Å². The van der Waals surface area contributed by atoms with E-state index in [-0.39, 0.29) is 43.0 Å². The average Bonchev–Trinajstić information content (AvgIpc) is 3.60. The highest BCUT2D eigenvalue weighted by atomic mass is 16.6. The average molecular weight is 712 g/mol. The van der Waals surface area contributed by atoms with Crippen molar-refractivity contribution < 1.29 is 29.0 Å². The van der Waals surface area contributed by atoms with Gasteiger partial charge in [-0.15, -0.1) is 0 Å². The lowest BCUT2D eigenvalue weighted by molar-refractivity contribution is -0.134. The first-order chi connectivity index (χ1) is 24.2. The summed E-state index contributed by atoms with van der Waals surface area (Å²) in [6, 6.07) is 3.02. The van der Waals surface area contributed by atoms with Crippen molar-refractivity contribution in [2.24, 2.45) is 23.7 Å². The number of hydrogen-bond donors (Lipinski definition) is 6. The highest BCUT2D eigenvalue weighted by molar-refractivity contribution is 5.89. The molecule has 6 atom stereocenters. The zero-order chi connectivity index (χ0) is 37.6. The highest BCUT2D eigenvalue weighted by Gasteiger charge is 2.36. The van der Waals surface area contributed by atoms with Gasteiger partial charge in [0.05, 0.1) is 30.7 Å². The van der Waals surface area contributed by atoms with Gasteiger partial charge in [-0.2, -0.15) is 0 Å². The lowest BCUT2D eigenvalue weighted by Gasteiger charge is -2.34. The van der Waals surface area contributed by atoms with Crippen LogP contribution in [0.2, 0.25) is 0 Å². The molecule has 2 aromatic heterocycles. The molecule has 4 amide bonds. The Hall–Kier alpha value is -4.00. The van der Waals surface area contributed by atoms with Crippen molar-refractivity contribution >= 4 is 23.8 Å². The molecule has 1 saturated carbocycles. The number of imidazole rings is 1. The largest absolute Gasteiger partial charge is 0.444 e. The van der Waals surface area contributed by atoms with Crippen molar-refractivity contribution in [3.05, 3.63) is 48.3 Å². The van der Waals surface area contributed by atoms with Gasteiger partial charge in [-0.1, -0.05) is 72.3 Å². The maximum absolute atomic E-state index is 13.9. The zero-order valence-electron chi connectivity index (χ0n) is 31.5. The van der Waals surface area contributed by atoms with Gasteiger partial charge in [0.1, 0.15) is 17.7 Å². The normalized spacial score (nSPS) is 17.4. The predicted octanol–water partition coefficient (Wildman–Crippen LogP) is 4.57. The van der Waals surface area contributed by atoms with Crippen LogP contribution in [0.5, 0.6) is 0 Å². The van der Waals surface area contributed by atoms with Crippen molar-refractivity contribution in [3.8, 4) is 0 Å². The van der Waals surface area contributed by atoms with E-state index in [0.29, 0.717) is 30.1 Å². The van der Waals surface area contributed by atoms with Crippen molar-refractivity contribution in [2.45, 2.75) is 143 Å². The van der Waals surface area contributed by atoms with Gasteiger partial charge in [0, 0.05) is 30.4 Å². The van der Waals surface area contributed by atoms with Crippen LogP contribution in [0.4, 0.5) is 4.79 Å². The maximum Gasteiger partial charge on any atom is 0.408 e. The summed E-state index contributed by atoms with van der Waals surface area (Å²) in [5.41, 5.74) is 0.591. The number of amides is 4. The maximum atomic E-state index is 13.9. The van der Waals surface area contributed by atoms with Gasteiger partial charge in [-0.05, 0) is 63.5 Å². The number of aliphatic hydroxyl groups is 1. The molecule has 0 radical (unpaired) electrons. The molecule has 0 aromatic carbocycles. The van der Waals surface area contributed by atoms with Crippen LogP contribution in [-0.2, 0) is 32.1 Å². The number of aliphatic hydroxyl groups excluding tert-OH is 1. The second-order valence-electron chi connectivity index (χ2n) is 15.4. The van der Waals surface area contributed by atoms with Gasteiger partial charge < -0.3 is 36.1 Å². The molecule has 0 unspecified atom stereocenters. The molecule has 6 N–H and O–H groups in total. The molecule has 284 valence electrons. The van der Waals surface area contributed by atoms with Crippen LogP contribution in [0.15, 0.2) is 36.9 Å². The Morgan fingerprint density at radius 1 is 1.00 bits per heavy atom. The number of ether oxygens (including phenoxy) is 1. The van der Waals surface area contributed by atoms with Crippen LogP contribution in [0, 0.1) is 23.7 Å². The molecule has 1 aliphatic rings. The van der Waals surface area contributed by atoms with Crippen LogP contribution < -0.4 is 21.3 Å². The number of carbonyl (C=O) groups is 4. The van der Waals surface area contributed by atoms with Gasteiger partial charge >= 0.3 is 6.09 Å². The van der Waals surface area contributed by atoms with Gasteiger partial charge in [-0.3, -0.25) is 19.4 Å². The first-order valence-electron chi connectivity index (χ1n) is 18.6. The Morgan fingerprint density at radius 2 is 1.73 bits per heavy atom. The summed E-state index contributed by atoms with van der Waals surface area (Å²) >= 11 is 0. The molecular formula is C38H61N7O6. The third kappa shape index (κ3) is 14.3. The third-order valence-corrected chi connectivity index (χ3v) is 9.69. The molecule has 1 fully saturated rings. The van der Waals surface area contributed by atoms with Crippen molar-refractivity contribution in [1.29, 1.82) is 0 Å². The monoisotopic (exact) mass is 711 g/mol. The predicted molar refractivity (Wildman–Crippen MR) is 195 cm³/mol.